The van der Waals surface area contributed by atoms with Crippen LogP contribution in [-0.4, -0.2) is 65.1 Å². The van der Waals surface area contributed by atoms with Crippen LogP contribution in [0.4, 0.5) is 0 Å². The van der Waals surface area contributed by atoms with Gasteiger partial charge in [-0.05, 0) is 61.9 Å². The molecule has 1 spiro atoms. The number of carbonyl (C=O) groups excluding carboxylic acids is 2. The summed E-state index contributed by atoms with van der Waals surface area (Å²) in [5.74, 6) is 1.07. The summed E-state index contributed by atoms with van der Waals surface area (Å²) >= 11 is 0. The lowest BCUT2D eigenvalue weighted by Crippen LogP contribution is -2.69. The quantitative estimate of drug-likeness (QED) is 0.365. The Morgan fingerprint density at radius 3 is 2.92 bits per heavy atom. The number of likely N-dealkylation sites (N-methyl/N-ethyl adjacent to an activating group) is 1. The smallest absolute Gasteiger partial charge is 0.307 e. The molecule has 2 aromatic rings. The van der Waals surface area contributed by atoms with Gasteiger partial charge >= 0.3 is 5.97 Å². The number of phenols is 1. The summed E-state index contributed by atoms with van der Waals surface area (Å²) in [5.41, 5.74) is 2.88. The van der Waals surface area contributed by atoms with Gasteiger partial charge in [0.15, 0.2) is 11.5 Å². The maximum atomic E-state index is 13.2. The van der Waals surface area contributed by atoms with Crippen molar-refractivity contribution in [1.82, 2.24) is 9.80 Å². The highest BCUT2D eigenvalue weighted by Gasteiger charge is 2.66. The molecule has 194 valence electrons. The largest absolute Gasteiger partial charge is 0.504 e. The van der Waals surface area contributed by atoms with E-state index in [0.717, 1.165) is 43.4 Å². The van der Waals surface area contributed by atoms with E-state index in [9.17, 15) is 14.7 Å². The molecule has 2 fully saturated rings. The van der Waals surface area contributed by atoms with Crippen LogP contribution in [0.15, 0.2) is 53.6 Å². The van der Waals surface area contributed by atoms with E-state index in [2.05, 4.69) is 11.5 Å². The van der Waals surface area contributed by atoms with E-state index in [0.29, 0.717) is 24.0 Å². The number of phenolic OH excluding ortho intramolecular Hbond substituents is 1. The van der Waals surface area contributed by atoms with Gasteiger partial charge in [0.1, 0.15) is 11.9 Å². The molecule has 8 nitrogen and oxygen atoms in total. The summed E-state index contributed by atoms with van der Waals surface area (Å²) in [7, 11) is 1.84. The molecule has 2 aliphatic carbocycles. The highest BCUT2D eigenvalue weighted by molar-refractivity contribution is 5.91. The molecule has 2 aliphatic heterocycles. The minimum absolute atomic E-state index is 0.0903. The SMILES string of the molecule is C=C(CN1CC[C@]23c4c5ccc(O)c4O[C@H]2[C@@H](N(C)C(=O)C=Cc2ccoc2)CC[C@H]3[C@H]1C5)OC(C)=O. The number of benzene rings is 1. The Labute approximate surface area is 216 Å². The van der Waals surface area contributed by atoms with Crippen molar-refractivity contribution in [3.63, 3.8) is 0 Å². The number of carbonyl (C=O) groups is 2. The summed E-state index contributed by atoms with van der Waals surface area (Å²) in [4.78, 5) is 28.9. The number of amides is 1. The van der Waals surface area contributed by atoms with Crippen LogP contribution in [0, 0.1) is 5.92 Å². The number of piperidine rings is 1. The first kappa shape index (κ1) is 23.9. The third-order valence-corrected chi connectivity index (χ3v) is 8.88. The van der Waals surface area contributed by atoms with E-state index in [1.165, 1.54) is 12.5 Å². The average molecular weight is 505 g/mol. The van der Waals surface area contributed by atoms with Gasteiger partial charge in [0.05, 0.1) is 25.1 Å². The van der Waals surface area contributed by atoms with Crippen molar-refractivity contribution < 1.29 is 28.6 Å². The fourth-order valence-corrected chi connectivity index (χ4v) is 7.47. The van der Waals surface area contributed by atoms with E-state index < -0.39 is 0 Å². The van der Waals surface area contributed by atoms with Gasteiger partial charge in [-0.25, -0.2) is 0 Å². The molecule has 8 heteroatoms. The molecule has 2 bridgehead atoms. The monoisotopic (exact) mass is 504 g/mol. The lowest BCUT2D eigenvalue weighted by molar-refractivity contribution is -0.139. The minimum Gasteiger partial charge on any atom is -0.504 e. The van der Waals surface area contributed by atoms with E-state index in [4.69, 9.17) is 13.9 Å². The fraction of sp³-hybridized carbons (Fsp3) is 0.448. The number of furan rings is 1. The normalized spacial score (nSPS) is 29.5. The van der Waals surface area contributed by atoms with Crippen molar-refractivity contribution in [1.29, 1.82) is 0 Å². The third kappa shape index (κ3) is 3.69. The maximum absolute atomic E-state index is 13.2. The van der Waals surface area contributed by atoms with Crippen molar-refractivity contribution in [2.24, 2.45) is 5.92 Å². The first-order valence-corrected chi connectivity index (χ1v) is 12.9. The van der Waals surface area contributed by atoms with E-state index in [-0.39, 0.29) is 41.2 Å². The Balaban J connectivity index is 1.33. The van der Waals surface area contributed by atoms with Crippen LogP contribution >= 0.6 is 0 Å². The third-order valence-electron chi connectivity index (χ3n) is 8.88. The number of rotatable bonds is 6. The molecule has 3 heterocycles. The molecule has 1 saturated carbocycles. The first-order valence-electron chi connectivity index (χ1n) is 12.9. The number of likely N-dealkylation sites (tertiary alicyclic amines) is 1. The Morgan fingerprint density at radius 2 is 2.16 bits per heavy atom. The van der Waals surface area contributed by atoms with E-state index >= 15 is 0 Å². The fourth-order valence-electron chi connectivity index (χ4n) is 7.47. The lowest BCUT2D eigenvalue weighted by Gasteiger charge is -2.60. The molecule has 1 amide bonds. The van der Waals surface area contributed by atoms with Crippen molar-refractivity contribution in [3.8, 4) is 11.5 Å². The second-order valence-electron chi connectivity index (χ2n) is 10.7. The number of esters is 1. The highest BCUT2D eigenvalue weighted by Crippen LogP contribution is 2.64. The number of aromatic hydroxyl groups is 1. The van der Waals surface area contributed by atoms with Gasteiger partial charge in [-0.15, -0.1) is 0 Å². The number of nitrogens with zero attached hydrogens (tertiary/aromatic N) is 2. The van der Waals surface area contributed by atoms with Crippen LogP contribution in [0.1, 0.15) is 42.9 Å². The second kappa shape index (κ2) is 8.80. The predicted octanol–water partition coefficient (Wildman–Crippen LogP) is 3.64. The molecule has 0 radical (unpaired) electrons. The molecule has 37 heavy (non-hydrogen) atoms. The maximum Gasteiger partial charge on any atom is 0.307 e. The van der Waals surface area contributed by atoms with Crippen molar-refractivity contribution >= 4 is 18.0 Å². The predicted molar refractivity (Wildman–Crippen MR) is 136 cm³/mol. The molecule has 1 saturated heterocycles. The van der Waals surface area contributed by atoms with Crippen LogP contribution in [0.25, 0.3) is 6.08 Å². The van der Waals surface area contributed by atoms with Gasteiger partial charge in [-0.2, -0.15) is 0 Å². The summed E-state index contributed by atoms with van der Waals surface area (Å²) in [5, 5.41) is 10.8. The summed E-state index contributed by atoms with van der Waals surface area (Å²) < 4.78 is 17.0. The molecule has 1 aromatic carbocycles. The Kier molecular flexibility index (Phi) is 5.67. The van der Waals surface area contributed by atoms with Crippen LogP contribution in [-0.2, 0) is 26.2 Å². The van der Waals surface area contributed by atoms with Crippen molar-refractivity contribution in [2.75, 3.05) is 20.1 Å². The molecule has 1 aromatic heterocycles. The van der Waals surface area contributed by atoms with Crippen molar-refractivity contribution in [3.05, 3.63) is 65.8 Å². The van der Waals surface area contributed by atoms with Crippen LogP contribution in [0.2, 0.25) is 0 Å². The van der Waals surface area contributed by atoms with Gasteiger partial charge in [0, 0.05) is 42.6 Å². The standard InChI is InChI=1S/C29H32N2O6/c1-17(36-18(2)32)15-31-12-11-29-21-6-7-22(30(3)25(34)9-4-19-10-13-35-16-19)28(29)37-27-24(33)8-5-20(26(27)29)14-23(21)31/h4-5,8-10,13,16,21-23,28,33H,1,6-7,11-12,14-15H2,2-3H3/t21-,22-,23+,28-,29-/m0/s1. The lowest BCUT2D eigenvalue weighted by atomic mass is 9.51. The van der Waals surface area contributed by atoms with Crippen LogP contribution in [0.5, 0.6) is 11.5 Å². The zero-order chi connectivity index (χ0) is 25.9. The Bertz CT molecular complexity index is 1280. The summed E-state index contributed by atoms with van der Waals surface area (Å²) in [6.07, 6.45) is 9.67. The Hall–Kier alpha value is -3.52. The van der Waals surface area contributed by atoms with Gasteiger partial charge in [0.2, 0.25) is 5.91 Å². The zero-order valence-corrected chi connectivity index (χ0v) is 21.2. The summed E-state index contributed by atoms with van der Waals surface area (Å²) in [6, 6.07) is 5.65. The molecule has 0 unspecified atom stereocenters. The van der Waals surface area contributed by atoms with E-state index in [1.807, 2.05) is 13.1 Å². The topological polar surface area (TPSA) is 92.5 Å². The molecule has 1 N–H and O–H groups in total. The number of ether oxygens (including phenoxy) is 2. The molecule has 6 rings (SSSR count). The number of hydrogen-bond donors (Lipinski definition) is 1. The zero-order valence-electron chi connectivity index (χ0n) is 21.2. The highest BCUT2D eigenvalue weighted by atomic mass is 16.5. The van der Waals surface area contributed by atoms with Gasteiger partial charge < -0.3 is 23.9 Å². The van der Waals surface area contributed by atoms with E-state index in [1.54, 1.807) is 41.7 Å². The molecular weight excluding hydrogens is 472 g/mol. The van der Waals surface area contributed by atoms with Crippen molar-refractivity contribution in [2.45, 2.75) is 56.2 Å². The minimum atomic E-state index is -0.355. The second-order valence-corrected chi connectivity index (χ2v) is 10.7. The molecular formula is C29H32N2O6. The average Bonchev–Trinajstić information content (AvgIpc) is 3.50. The number of hydrogen-bond acceptors (Lipinski definition) is 7. The van der Waals surface area contributed by atoms with Gasteiger partial charge in [-0.1, -0.05) is 12.6 Å². The Morgan fingerprint density at radius 1 is 1.32 bits per heavy atom. The molecule has 4 aliphatic rings. The van der Waals surface area contributed by atoms with Crippen LogP contribution in [0.3, 0.4) is 0 Å². The van der Waals surface area contributed by atoms with Crippen LogP contribution < -0.4 is 4.74 Å². The van der Waals surface area contributed by atoms with Gasteiger partial charge in [0.25, 0.3) is 0 Å². The summed E-state index contributed by atoms with van der Waals surface area (Å²) in [6.45, 7) is 6.66. The first-order chi connectivity index (χ1) is 17.8. The molecule has 5 atom stereocenters. The van der Waals surface area contributed by atoms with Gasteiger partial charge in [-0.3, -0.25) is 14.5 Å².